The van der Waals surface area contributed by atoms with Gasteiger partial charge in [-0.25, -0.2) is 9.97 Å². The number of aryl methyl sites for hydroxylation is 1. The summed E-state index contributed by atoms with van der Waals surface area (Å²) < 4.78 is 3.60. The molecule has 0 bridgehead atoms. The molecule has 186 valence electrons. The van der Waals surface area contributed by atoms with Crippen molar-refractivity contribution in [3.05, 3.63) is 117 Å². The molecule has 0 amide bonds. The van der Waals surface area contributed by atoms with Crippen molar-refractivity contribution >= 4 is 16.9 Å². The first-order chi connectivity index (χ1) is 18.0. The number of rotatable bonds is 7. The van der Waals surface area contributed by atoms with E-state index in [-0.39, 0.29) is 5.56 Å². The first-order valence-electron chi connectivity index (χ1n) is 12.5. The Bertz CT molecular complexity index is 1650. The van der Waals surface area contributed by atoms with Gasteiger partial charge in [-0.2, -0.15) is 5.10 Å². The summed E-state index contributed by atoms with van der Waals surface area (Å²) in [5, 5.41) is 12.6. The predicted molar refractivity (Wildman–Crippen MR) is 144 cm³/mol. The number of nitrogens with one attached hydrogen (secondary N) is 2. The minimum Gasteiger partial charge on any atom is -0.365 e. The summed E-state index contributed by atoms with van der Waals surface area (Å²) in [6, 6.07) is 15.8. The van der Waals surface area contributed by atoms with Crippen LogP contribution >= 0.6 is 0 Å². The summed E-state index contributed by atoms with van der Waals surface area (Å²) in [4.78, 5) is 20.9. The van der Waals surface area contributed by atoms with E-state index in [0.717, 1.165) is 35.4 Å². The summed E-state index contributed by atoms with van der Waals surface area (Å²) in [6.45, 7) is 8.16. The number of hydrogen-bond donors (Lipinski definition) is 2. The van der Waals surface area contributed by atoms with Crippen LogP contribution in [0.1, 0.15) is 38.9 Å². The molecule has 2 N–H and O–H groups in total. The third-order valence-corrected chi connectivity index (χ3v) is 7.19. The smallest absolute Gasteiger partial charge is 0.250 e. The van der Waals surface area contributed by atoms with Crippen LogP contribution in [0.25, 0.3) is 11.0 Å². The second kappa shape index (κ2) is 9.63. The van der Waals surface area contributed by atoms with Gasteiger partial charge in [0.2, 0.25) is 0 Å². The average molecular weight is 492 g/mol. The molecule has 8 heteroatoms. The highest BCUT2D eigenvalue weighted by atomic mass is 16.1. The lowest BCUT2D eigenvalue weighted by Crippen LogP contribution is -2.18. The Kier molecular flexibility index (Phi) is 6.02. The van der Waals surface area contributed by atoms with Crippen molar-refractivity contribution in [2.24, 2.45) is 0 Å². The minimum absolute atomic E-state index is 0.00108. The zero-order valence-electron chi connectivity index (χ0n) is 21.0. The Morgan fingerprint density at radius 3 is 2.62 bits per heavy atom. The number of pyridine rings is 1. The van der Waals surface area contributed by atoms with Crippen molar-refractivity contribution in [1.29, 1.82) is 0 Å². The fourth-order valence-electron chi connectivity index (χ4n) is 5.16. The number of benzene rings is 2. The molecule has 1 aliphatic heterocycles. The van der Waals surface area contributed by atoms with E-state index in [0.29, 0.717) is 25.3 Å². The summed E-state index contributed by atoms with van der Waals surface area (Å²) in [5.74, 6) is 0.789. The maximum absolute atomic E-state index is 12.0. The van der Waals surface area contributed by atoms with E-state index < -0.39 is 0 Å². The highest BCUT2D eigenvalue weighted by molar-refractivity contribution is 5.85. The van der Waals surface area contributed by atoms with Crippen LogP contribution in [0.2, 0.25) is 0 Å². The molecule has 5 aromatic rings. The van der Waals surface area contributed by atoms with E-state index in [1.807, 2.05) is 23.1 Å². The Morgan fingerprint density at radius 1 is 1.00 bits per heavy atom. The number of aromatic nitrogens is 5. The Morgan fingerprint density at radius 2 is 1.81 bits per heavy atom. The van der Waals surface area contributed by atoms with Gasteiger partial charge in [0.05, 0.1) is 18.5 Å². The molecule has 1 aliphatic rings. The van der Waals surface area contributed by atoms with Gasteiger partial charge >= 0.3 is 0 Å². The van der Waals surface area contributed by atoms with Crippen LogP contribution < -0.4 is 16.2 Å². The third kappa shape index (κ3) is 4.63. The molecule has 0 unspecified atom stereocenters. The molecule has 3 aromatic heterocycles. The van der Waals surface area contributed by atoms with Crippen LogP contribution in [0.3, 0.4) is 0 Å². The lowest BCUT2D eigenvalue weighted by molar-refractivity contribution is 0.692. The second-order valence-corrected chi connectivity index (χ2v) is 9.66. The van der Waals surface area contributed by atoms with Crippen LogP contribution in [0.4, 0.5) is 5.82 Å². The van der Waals surface area contributed by atoms with E-state index >= 15 is 0 Å². The molecule has 6 rings (SSSR count). The second-order valence-electron chi connectivity index (χ2n) is 9.66. The molecule has 0 radical (unpaired) electrons. The summed E-state index contributed by atoms with van der Waals surface area (Å²) in [6.07, 6.45) is 5.37. The van der Waals surface area contributed by atoms with Gasteiger partial charge in [0.15, 0.2) is 5.65 Å². The molecule has 8 nitrogen and oxygen atoms in total. The molecular weight excluding hydrogens is 462 g/mol. The van der Waals surface area contributed by atoms with Gasteiger partial charge < -0.3 is 15.2 Å². The van der Waals surface area contributed by atoms with Gasteiger partial charge in [0, 0.05) is 38.1 Å². The first kappa shape index (κ1) is 23.1. The molecular formula is C29H29N7O. The third-order valence-electron chi connectivity index (χ3n) is 7.19. The van der Waals surface area contributed by atoms with Gasteiger partial charge in [0.1, 0.15) is 12.1 Å². The summed E-state index contributed by atoms with van der Waals surface area (Å²) >= 11 is 0. The lowest BCUT2D eigenvalue weighted by atomic mass is 9.94. The van der Waals surface area contributed by atoms with Crippen molar-refractivity contribution in [1.82, 2.24) is 29.6 Å². The summed E-state index contributed by atoms with van der Waals surface area (Å²) in [5.41, 5.74) is 9.67. The highest BCUT2D eigenvalue weighted by Gasteiger charge is 2.17. The first-order valence-corrected chi connectivity index (χ1v) is 12.5. The van der Waals surface area contributed by atoms with Crippen LogP contribution in [-0.2, 0) is 32.7 Å². The van der Waals surface area contributed by atoms with E-state index in [4.69, 9.17) is 0 Å². The molecule has 37 heavy (non-hydrogen) atoms. The SMILES string of the molecule is Cc1cc2c(c(C)c1CNc1ncnc3nn(Cc4ccc(Cn5ccccc5=O)cc4)cc13)CNC2. The molecule has 0 atom stereocenters. The van der Waals surface area contributed by atoms with Gasteiger partial charge in [-0.05, 0) is 58.9 Å². The molecule has 0 saturated heterocycles. The molecule has 0 spiro atoms. The maximum atomic E-state index is 12.0. The quantitative estimate of drug-likeness (QED) is 0.359. The standard InChI is InChI=1S/C29H29N7O/c1-19-11-23-12-30-13-25(23)20(2)24(19)14-31-28-26-17-36(34-29(26)33-18-32-28)16-22-8-6-21(7-9-22)15-35-10-4-3-5-27(35)37/h3-11,17-18,30H,12-16H2,1-2H3,(H,31,32,33,34). The zero-order chi connectivity index (χ0) is 25.4. The van der Waals surface area contributed by atoms with Gasteiger partial charge in [-0.15, -0.1) is 0 Å². The van der Waals surface area contributed by atoms with Crippen molar-refractivity contribution < 1.29 is 0 Å². The zero-order valence-corrected chi connectivity index (χ0v) is 21.0. The summed E-state index contributed by atoms with van der Waals surface area (Å²) in [7, 11) is 0. The normalized spacial score (nSPS) is 12.7. The Hall–Kier alpha value is -4.30. The molecule has 4 heterocycles. The Balaban J connectivity index is 1.18. The molecule has 0 fully saturated rings. The maximum Gasteiger partial charge on any atom is 0.250 e. The Labute approximate surface area is 215 Å². The van der Waals surface area contributed by atoms with Crippen molar-refractivity contribution in [3.63, 3.8) is 0 Å². The van der Waals surface area contributed by atoms with Crippen molar-refractivity contribution in [3.8, 4) is 0 Å². The van der Waals surface area contributed by atoms with E-state index in [2.05, 4.69) is 69.9 Å². The minimum atomic E-state index is -0.00108. The number of hydrogen-bond acceptors (Lipinski definition) is 6. The van der Waals surface area contributed by atoms with Gasteiger partial charge in [-0.1, -0.05) is 36.4 Å². The van der Waals surface area contributed by atoms with Gasteiger partial charge in [0.25, 0.3) is 5.56 Å². The monoisotopic (exact) mass is 491 g/mol. The predicted octanol–water partition coefficient (Wildman–Crippen LogP) is 3.92. The van der Waals surface area contributed by atoms with Crippen LogP contribution in [0.5, 0.6) is 0 Å². The van der Waals surface area contributed by atoms with E-state index in [9.17, 15) is 4.79 Å². The van der Waals surface area contributed by atoms with Gasteiger partial charge in [-0.3, -0.25) is 9.48 Å². The topological polar surface area (TPSA) is 89.7 Å². The number of anilines is 1. The number of fused-ring (bicyclic) bond motifs is 2. The van der Waals surface area contributed by atoms with Crippen molar-refractivity contribution in [2.75, 3.05) is 5.32 Å². The average Bonchev–Trinajstić information content (AvgIpc) is 3.53. The highest BCUT2D eigenvalue weighted by Crippen LogP contribution is 2.27. The van der Waals surface area contributed by atoms with E-state index in [1.165, 1.54) is 27.8 Å². The van der Waals surface area contributed by atoms with Crippen LogP contribution in [0.15, 0.2) is 72.0 Å². The molecule has 0 aliphatic carbocycles. The molecule has 2 aromatic carbocycles. The van der Waals surface area contributed by atoms with Crippen LogP contribution in [-0.4, -0.2) is 24.3 Å². The van der Waals surface area contributed by atoms with E-state index in [1.54, 1.807) is 23.0 Å². The number of nitrogens with zero attached hydrogens (tertiary/aromatic N) is 5. The fraction of sp³-hybridized carbons (Fsp3) is 0.241. The largest absolute Gasteiger partial charge is 0.365 e. The van der Waals surface area contributed by atoms with Crippen LogP contribution in [0, 0.1) is 13.8 Å². The van der Waals surface area contributed by atoms with Crippen molar-refractivity contribution in [2.45, 2.75) is 46.6 Å². The lowest BCUT2D eigenvalue weighted by Gasteiger charge is -2.15. The fourth-order valence-corrected chi connectivity index (χ4v) is 5.16. The molecule has 0 saturated carbocycles.